The molecule has 31 heavy (non-hydrogen) atoms. The van der Waals surface area contributed by atoms with Gasteiger partial charge >= 0.3 is 0 Å². The van der Waals surface area contributed by atoms with Crippen LogP contribution in [0.3, 0.4) is 0 Å². The lowest BCUT2D eigenvalue weighted by Crippen LogP contribution is -2.48. The maximum atomic E-state index is 13.2. The quantitative estimate of drug-likeness (QED) is 0.376. The minimum Gasteiger partial charge on any atom is -0.228 e. The van der Waals surface area contributed by atoms with Crippen molar-refractivity contribution in [3.05, 3.63) is 11.1 Å². The van der Waals surface area contributed by atoms with Crippen molar-refractivity contribution in [2.24, 2.45) is 40.9 Å². The fourth-order valence-corrected chi connectivity index (χ4v) is 10.4. The fraction of sp³-hybridized carbons (Fsp3) is 0.929. The number of rotatable bonds is 7. The summed E-state index contributed by atoms with van der Waals surface area (Å²) in [5.41, 5.74) is 3.45. The number of hydrogen-bond donors (Lipinski definition) is 0. The molecule has 4 aliphatic carbocycles. The topological polar surface area (TPSA) is 34.1 Å². The van der Waals surface area contributed by atoms with Crippen molar-refractivity contribution in [2.45, 2.75) is 117 Å². The largest absolute Gasteiger partial charge is 0.228 e. The summed E-state index contributed by atoms with van der Waals surface area (Å²) in [5.74, 6) is 4.84. The van der Waals surface area contributed by atoms with E-state index in [-0.39, 0.29) is 5.25 Å². The monoisotopic (exact) mass is 448 g/mol. The van der Waals surface area contributed by atoms with Crippen LogP contribution in [0, 0.1) is 40.9 Å². The molecule has 2 saturated carbocycles. The highest BCUT2D eigenvalue weighted by atomic mass is 32.2. The Morgan fingerprint density at radius 2 is 1.71 bits per heavy atom. The Labute approximate surface area is 193 Å². The average Bonchev–Trinajstić information content (AvgIpc) is 3.10. The van der Waals surface area contributed by atoms with Gasteiger partial charge in [0.05, 0.1) is 5.25 Å². The summed E-state index contributed by atoms with van der Waals surface area (Å²) in [6, 6.07) is 0. The number of hydrogen-bond acceptors (Lipinski definition) is 2. The molecule has 3 heteroatoms. The van der Waals surface area contributed by atoms with Gasteiger partial charge in [0.15, 0.2) is 9.84 Å². The molecule has 0 aromatic carbocycles. The summed E-state index contributed by atoms with van der Waals surface area (Å²) in [7, 11) is -3.00. The minimum absolute atomic E-state index is 0.154. The maximum absolute atomic E-state index is 13.2. The highest BCUT2D eigenvalue weighted by Crippen LogP contribution is 2.65. The number of sulfone groups is 1. The van der Waals surface area contributed by atoms with Crippen molar-refractivity contribution >= 4 is 9.84 Å². The van der Waals surface area contributed by atoms with E-state index >= 15 is 0 Å². The Kier molecular flexibility index (Phi) is 7.03. The van der Waals surface area contributed by atoms with Gasteiger partial charge in [0.1, 0.15) is 0 Å². The Hall–Kier alpha value is -0.310. The van der Waals surface area contributed by atoms with Crippen LogP contribution in [0.5, 0.6) is 0 Å². The molecule has 0 N–H and O–H groups in total. The minimum atomic E-state index is -3.00. The molecule has 0 amide bonds. The summed E-state index contributed by atoms with van der Waals surface area (Å²) < 4.78 is 26.3. The summed E-state index contributed by atoms with van der Waals surface area (Å²) in [6.45, 7) is 11.7. The van der Waals surface area contributed by atoms with Gasteiger partial charge < -0.3 is 0 Å². The van der Waals surface area contributed by atoms with E-state index in [1.807, 2.05) is 6.92 Å². The molecule has 4 rings (SSSR count). The SMILES string of the molecule is CCS(=O)(=O)C1C[C@@H]2[C@H](CC[C@]3(C)[C@@H]([C@H](C)CCCC(C)C)CC[C@@H]23)C2=C1CCCC2. The molecule has 0 aliphatic heterocycles. The lowest BCUT2D eigenvalue weighted by atomic mass is 9.52. The summed E-state index contributed by atoms with van der Waals surface area (Å²) >= 11 is 0. The van der Waals surface area contributed by atoms with Crippen molar-refractivity contribution in [3.63, 3.8) is 0 Å². The van der Waals surface area contributed by atoms with E-state index in [2.05, 4.69) is 27.7 Å². The lowest BCUT2D eigenvalue weighted by Gasteiger charge is -2.54. The van der Waals surface area contributed by atoms with E-state index in [1.54, 1.807) is 5.57 Å². The molecule has 178 valence electrons. The van der Waals surface area contributed by atoms with Crippen LogP contribution in [-0.4, -0.2) is 19.4 Å². The Morgan fingerprint density at radius 1 is 1.00 bits per heavy atom. The molecule has 7 atom stereocenters. The zero-order valence-corrected chi connectivity index (χ0v) is 21.8. The first-order valence-electron chi connectivity index (χ1n) is 13.6. The van der Waals surface area contributed by atoms with Gasteiger partial charge in [-0.25, -0.2) is 8.42 Å². The molecule has 4 aliphatic rings. The van der Waals surface area contributed by atoms with Crippen LogP contribution in [-0.2, 0) is 9.84 Å². The molecule has 0 heterocycles. The predicted molar refractivity (Wildman–Crippen MR) is 132 cm³/mol. The van der Waals surface area contributed by atoms with Gasteiger partial charge in [-0.05, 0) is 98.7 Å². The van der Waals surface area contributed by atoms with Crippen molar-refractivity contribution in [1.29, 1.82) is 0 Å². The molecule has 0 radical (unpaired) electrons. The summed E-state index contributed by atoms with van der Waals surface area (Å²) in [5, 5.41) is -0.154. The fourth-order valence-electron chi connectivity index (χ4n) is 8.77. The van der Waals surface area contributed by atoms with E-state index in [9.17, 15) is 8.42 Å². The van der Waals surface area contributed by atoms with E-state index in [0.717, 1.165) is 36.5 Å². The molecule has 0 aromatic heterocycles. The standard InChI is InChI=1S/C28H48O2S/c1-6-31(29,30)27-18-24-22(21-12-7-8-13-23(21)27)16-17-28(5)25(14-15-26(24)28)20(4)11-9-10-19(2)3/h19-20,22,24-27H,6-18H2,1-5H3/t20-,22-,24-,25-,26+,27?,28-/m1/s1. The Balaban J connectivity index is 1.58. The molecule has 0 spiro atoms. The van der Waals surface area contributed by atoms with Crippen molar-refractivity contribution in [1.82, 2.24) is 0 Å². The van der Waals surface area contributed by atoms with Gasteiger partial charge in [-0.1, -0.05) is 65.0 Å². The molecular weight excluding hydrogens is 400 g/mol. The second-order valence-electron chi connectivity index (χ2n) is 12.3. The van der Waals surface area contributed by atoms with Gasteiger partial charge in [-0.2, -0.15) is 0 Å². The lowest BCUT2D eigenvalue weighted by molar-refractivity contribution is -0.00277. The third kappa shape index (κ3) is 4.31. The summed E-state index contributed by atoms with van der Waals surface area (Å²) in [6.07, 6.45) is 15.2. The highest BCUT2D eigenvalue weighted by Gasteiger charge is 2.57. The summed E-state index contributed by atoms with van der Waals surface area (Å²) in [4.78, 5) is 0. The average molecular weight is 449 g/mol. The van der Waals surface area contributed by atoms with Gasteiger partial charge in [0.25, 0.3) is 0 Å². The van der Waals surface area contributed by atoms with E-state index < -0.39 is 9.84 Å². The van der Waals surface area contributed by atoms with E-state index in [1.165, 1.54) is 69.8 Å². The highest BCUT2D eigenvalue weighted by molar-refractivity contribution is 7.92. The van der Waals surface area contributed by atoms with Gasteiger partial charge in [-0.15, -0.1) is 0 Å². The molecule has 0 bridgehead atoms. The first kappa shape index (κ1) is 23.8. The maximum Gasteiger partial charge on any atom is 0.156 e. The van der Waals surface area contributed by atoms with Gasteiger partial charge in [-0.3, -0.25) is 0 Å². The van der Waals surface area contributed by atoms with Crippen LogP contribution in [0.15, 0.2) is 11.1 Å². The molecule has 1 unspecified atom stereocenters. The molecule has 0 aromatic rings. The molecule has 2 fully saturated rings. The van der Waals surface area contributed by atoms with Crippen LogP contribution >= 0.6 is 0 Å². The number of allylic oxidation sites excluding steroid dienone is 1. The van der Waals surface area contributed by atoms with Crippen LogP contribution in [0.2, 0.25) is 0 Å². The second-order valence-corrected chi connectivity index (χ2v) is 14.8. The second kappa shape index (κ2) is 9.15. The molecular formula is C28H48O2S. The normalized spacial score (nSPS) is 39.2. The Bertz CT molecular complexity index is 779. The zero-order chi connectivity index (χ0) is 22.4. The molecule has 0 saturated heterocycles. The smallest absolute Gasteiger partial charge is 0.156 e. The van der Waals surface area contributed by atoms with Gasteiger partial charge in [0.2, 0.25) is 0 Å². The van der Waals surface area contributed by atoms with Crippen molar-refractivity contribution in [2.75, 3.05) is 5.75 Å². The number of fused-ring (bicyclic) bond motifs is 4. The van der Waals surface area contributed by atoms with E-state index in [4.69, 9.17) is 0 Å². The van der Waals surface area contributed by atoms with Crippen molar-refractivity contribution < 1.29 is 8.42 Å². The third-order valence-corrected chi connectivity index (χ3v) is 12.5. The zero-order valence-electron chi connectivity index (χ0n) is 21.0. The van der Waals surface area contributed by atoms with Crippen LogP contribution < -0.4 is 0 Å². The van der Waals surface area contributed by atoms with Gasteiger partial charge in [0, 0.05) is 5.75 Å². The van der Waals surface area contributed by atoms with Crippen LogP contribution in [0.1, 0.15) is 112 Å². The van der Waals surface area contributed by atoms with Crippen molar-refractivity contribution in [3.8, 4) is 0 Å². The predicted octanol–water partition coefficient (Wildman–Crippen LogP) is 7.59. The molecule has 2 nitrogen and oxygen atoms in total. The third-order valence-electron chi connectivity index (χ3n) is 10.4. The first-order valence-corrected chi connectivity index (χ1v) is 15.3. The van der Waals surface area contributed by atoms with Crippen LogP contribution in [0.4, 0.5) is 0 Å². The Morgan fingerprint density at radius 3 is 2.39 bits per heavy atom. The van der Waals surface area contributed by atoms with E-state index in [0.29, 0.717) is 23.0 Å². The van der Waals surface area contributed by atoms with Crippen LogP contribution in [0.25, 0.3) is 0 Å². The first-order chi connectivity index (χ1) is 14.7.